The molecular weight excluding hydrogens is 346 g/mol. The number of hydrogen-bond donors (Lipinski definition) is 1. The summed E-state index contributed by atoms with van der Waals surface area (Å²) in [4.78, 5) is 6.71. The Kier molecular flexibility index (Phi) is 5.32. The third-order valence-electron chi connectivity index (χ3n) is 6.84. The average molecular weight is 378 g/mol. The van der Waals surface area contributed by atoms with E-state index in [-0.39, 0.29) is 0 Å². The number of piperidine rings is 1. The quantitative estimate of drug-likeness (QED) is 0.867. The van der Waals surface area contributed by atoms with Gasteiger partial charge in [0.25, 0.3) is 0 Å². The van der Waals surface area contributed by atoms with Gasteiger partial charge in [-0.2, -0.15) is 0 Å². The second kappa shape index (κ2) is 8.22. The largest absolute Gasteiger partial charge is 0.379 e. The van der Waals surface area contributed by atoms with Crippen molar-refractivity contribution in [3.63, 3.8) is 0 Å². The highest BCUT2D eigenvalue weighted by atomic mass is 16.5. The van der Waals surface area contributed by atoms with Crippen molar-refractivity contribution < 1.29 is 4.74 Å². The van der Waals surface area contributed by atoms with Gasteiger partial charge in [0.2, 0.25) is 0 Å². The first-order chi connectivity index (χ1) is 13.8. The Balaban J connectivity index is 1.15. The summed E-state index contributed by atoms with van der Waals surface area (Å²) in [5, 5.41) is 3.93. The summed E-state index contributed by atoms with van der Waals surface area (Å²) in [5.41, 5.74) is 5.95. The highest BCUT2D eigenvalue weighted by Crippen LogP contribution is 2.29. The molecule has 0 saturated carbocycles. The fourth-order valence-electron chi connectivity index (χ4n) is 5.17. The van der Waals surface area contributed by atoms with Crippen LogP contribution in [0.4, 0.5) is 5.69 Å². The van der Waals surface area contributed by atoms with Gasteiger partial charge in [-0.3, -0.25) is 4.98 Å². The summed E-state index contributed by atoms with van der Waals surface area (Å²) < 4.78 is 5.83. The number of nitrogens with zero attached hydrogens (tertiary/aromatic N) is 2. The number of benzene rings is 1. The predicted molar refractivity (Wildman–Crippen MR) is 113 cm³/mol. The molecule has 2 aromatic rings. The van der Waals surface area contributed by atoms with Crippen LogP contribution in [0.2, 0.25) is 0 Å². The molecule has 1 aromatic carbocycles. The predicted octanol–water partition coefficient (Wildman–Crippen LogP) is 3.39. The molecule has 2 fully saturated rings. The second-order valence-electron chi connectivity index (χ2n) is 8.70. The van der Waals surface area contributed by atoms with Crippen molar-refractivity contribution >= 4 is 5.69 Å². The van der Waals surface area contributed by atoms with E-state index in [4.69, 9.17) is 4.74 Å². The fraction of sp³-hybridized carbons (Fsp3) is 0.542. The molecule has 0 spiro atoms. The molecule has 2 saturated heterocycles. The zero-order valence-electron chi connectivity index (χ0n) is 16.6. The molecule has 0 bridgehead atoms. The molecule has 1 N–H and O–H groups in total. The Bertz CT molecular complexity index is 786. The molecule has 0 amide bonds. The van der Waals surface area contributed by atoms with Crippen molar-refractivity contribution in [2.45, 2.75) is 50.6 Å². The Morgan fingerprint density at radius 2 is 1.82 bits per heavy atom. The van der Waals surface area contributed by atoms with E-state index in [1.165, 1.54) is 43.4 Å². The van der Waals surface area contributed by atoms with E-state index in [2.05, 4.69) is 45.5 Å². The molecule has 0 unspecified atom stereocenters. The van der Waals surface area contributed by atoms with Crippen LogP contribution in [0.3, 0.4) is 0 Å². The van der Waals surface area contributed by atoms with Gasteiger partial charge in [0.05, 0.1) is 13.2 Å². The summed E-state index contributed by atoms with van der Waals surface area (Å²) >= 11 is 0. The minimum Gasteiger partial charge on any atom is -0.379 e. The zero-order chi connectivity index (χ0) is 18.8. The molecule has 2 aliphatic heterocycles. The molecule has 5 rings (SSSR count). The minimum absolute atomic E-state index is 0.477. The van der Waals surface area contributed by atoms with Crippen LogP contribution >= 0.6 is 0 Å². The van der Waals surface area contributed by atoms with E-state index in [9.17, 15) is 0 Å². The number of aryl methyl sites for hydroxylation is 2. The van der Waals surface area contributed by atoms with Crippen LogP contribution in [0, 0.1) is 5.92 Å². The maximum Gasteiger partial charge on any atom is 0.0623 e. The number of aromatic nitrogens is 1. The van der Waals surface area contributed by atoms with Gasteiger partial charge in [0, 0.05) is 49.2 Å². The van der Waals surface area contributed by atoms with Crippen LogP contribution < -0.4 is 10.2 Å². The molecule has 1 aromatic heterocycles. The van der Waals surface area contributed by atoms with Crippen molar-refractivity contribution in [3.05, 3.63) is 59.4 Å². The average Bonchev–Trinajstić information content (AvgIpc) is 3.38. The van der Waals surface area contributed by atoms with Crippen molar-refractivity contribution in [1.29, 1.82) is 0 Å². The van der Waals surface area contributed by atoms with Gasteiger partial charge in [-0.1, -0.05) is 6.07 Å². The number of ether oxygens (including phenoxy) is 1. The zero-order valence-corrected chi connectivity index (χ0v) is 16.6. The van der Waals surface area contributed by atoms with E-state index >= 15 is 0 Å². The van der Waals surface area contributed by atoms with E-state index in [1.54, 1.807) is 11.1 Å². The standard InChI is InChI=1S/C24H31N3O/c1-2-19-4-5-23(15-20(19)3-1)27-12-8-22(9-13-27)26-24-17-28-16-21(24)14-18-6-10-25-11-7-18/h4-7,10-11,15,21-22,24,26H,1-3,8-9,12-14,16-17H2/t21-,24+/m1/s1. The van der Waals surface area contributed by atoms with E-state index in [1.807, 2.05) is 12.4 Å². The van der Waals surface area contributed by atoms with Gasteiger partial charge in [-0.15, -0.1) is 0 Å². The van der Waals surface area contributed by atoms with E-state index < -0.39 is 0 Å². The normalized spacial score (nSPS) is 25.2. The van der Waals surface area contributed by atoms with Gasteiger partial charge in [-0.05, 0) is 79.5 Å². The second-order valence-corrected chi connectivity index (χ2v) is 8.70. The van der Waals surface area contributed by atoms with Gasteiger partial charge >= 0.3 is 0 Å². The highest BCUT2D eigenvalue weighted by Gasteiger charge is 2.31. The summed E-state index contributed by atoms with van der Waals surface area (Å²) in [5.74, 6) is 0.567. The maximum absolute atomic E-state index is 5.83. The molecule has 1 aliphatic carbocycles. The minimum atomic E-state index is 0.477. The van der Waals surface area contributed by atoms with Crippen molar-refractivity contribution in [1.82, 2.24) is 10.3 Å². The third kappa shape index (κ3) is 3.94. The van der Waals surface area contributed by atoms with Gasteiger partial charge in [0.15, 0.2) is 0 Å². The van der Waals surface area contributed by atoms with Gasteiger partial charge in [-0.25, -0.2) is 0 Å². The Labute approximate surface area is 168 Å². The molecule has 4 heteroatoms. The lowest BCUT2D eigenvalue weighted by Gasteiger charge is -2.36. The molecular formula is C24H31N3O. The first-order valence-corrected chi connectivity index (χ1v) is 10.9. The molecule has 4 nitrogen and oxygen atoms in total. The van der Waals surface area contributed by atoms with E-state index in [0.29, 0.717) is 18.0 Å². The van der Waals surface area contributed by atoms with Crippen LogP contribution in [0.1, 0.15) is 36.0 Å². The topological polar surface area (TPSA) is 37.4 Å². The van der Waals surface area contributed by atoms with Crippen LogP contribution in [0.5, 0.6) is 0 Å². The Hall–Kier alpha value is -1.91. The van der Waals surface area contributed by atoms with Crippen LogP contribution in [0.15, 0.2) is 42.7 Å². The summed E-state index contributed by atoms with van der Waals surface area (Å²) in [6.07, 6.45) is 11.2. The number of nitrogens with one attached hydrogen (secondary N) is 1. The van der Waals surface area contributed by atoms with Crippen LogP contribution in [-0.4, -0.2) is 43.4 Å². The monoisotopic (exact) mass is 377 g/mol. The van der Waals surface area contributed by atoms with Crippen LogP contribution in [-0.2, 0) is 24.0 Å². The Morgan fingerprint density at radius 1 is 1.00 bits per heavy atom. The molecule has 0 radical (unpaired) electrons. The number of anilines is 1. The van der Waals surface area contributed by atoms with Crippen LogP contribution in [0.25, 0.3) is 0 Å². The number of rotatable bonds is 5. The first kappa shape index (κ1) is 18.1. The Morgan fingerprint density at radius 3 is 2.68 bits per heavy atom. The molecule has 28 heavy (non-hydrogen) atoms. The highest BCUT2D eigenvalue weighted by molar-refractivity contribution is 5.52. The third-order valence-corrected chi connectivity index (χ3v) is 6.84. The fourth-order valence-corrected chi connectivity index (χ4v) is 5.17. The smallest absolute Gasteiger partial charge is 0.0623 e. The van der Waals surface area contributed by atoms with Gasteiger partial charge in [0.1, 0.15) is 0 Å². The van der Waals surface area contributed by atoms with Crippen molar-refractivity contribution in [3.8, 4) is 0 Å². The van der Waals surface area contributed by atoms with E-state index in [0.717, 1.165) is 32.7 Å². The number of hydrogen-bond acceptors (Lipinski definition) is 4. The lowest BCUT2D eigenvalue weighted by atomic mass is 9.93. The lowest BCUT2D eigenvalue weighted by molar-refractivity contribution is 0.181. The molecule has 3 heterocycles. The molecule has 148 valence electrons. The molecule has 2 atom stereocenters. The molecule has 3 aliphatic rings. The summed E-state index contributed by atoms with van der Waals surface area (Å²) in [7, 11) is 0. The van der Waals surface area contributed by atoms with Gasteiger partial charge < -0.3 is 15.0 Å². The van der Waals surface area contributed by atoms with Crippen molar-refractivity contribution in [2.75, 3.05) is 31.2 Å². The lowest BCUT2D eigenvalue weighted by Crippen LogP contribution is -2.48. The first-order valence-electron chi connectivity index (χ1n) is 10.9. The summed E-state index contributed by atoms with van der Waals surface area (Å²) in [6, 6.07) is 12.5. The SMILES string of the molecule is c1cc(C[C@@H]2COC[C@@H]2NC2CCN(c3ccc4c(c3)CCC4)CC2)ccn1. The number of fused-ring (bicyclic) bond motifs is 1. The maximum atomic E-state index is 5.83. The number of pyridine rings is 1. The summed E-state index contributed by atoms with van der Waals surface area (Å²) in [6.45, 7) is 4.02. The van der Waals surface area contributed by atoms with Crippen molar-refractivity contribution in [2.24, 2.45) is 5.92 Å².